The van der Waals surface area contributed by atoms with Crippen molar-refractivity contribution in [3.05, 3.63) is 77.4 Å². The quantitative estimate of drug-likeness (QED) is 0.414. The molecule has 7 nitrogen and oxygen atoms in total. The fraction of sp³-hybridized carbons (Fsp3) is 0.333. The molecule has 0 spiro atoms. The number of fused-ring (bicyclic) bond motifs is 1. The Balaban J connectivity index is 1.42. The Bertz CT molecular complexity index is 1340. The fourth-order valence-electron chi connectivity index (χ4n) is 4.75. The van der Waals surface area contributed by atoms with Crippen molar-refractivity contribution in [2.24, 2.45) is 5.92 Å². The number of aliphatic hydroxyl groups is 1. The van der Waals surface area contributed by atoms with Crippen LogP contribution in [0.5, 0.6) is 0 Å². The van der Waals surface area contributed by atoms with Crippen LogP contribution < -0.4 is 5.32 Å². The second-order valence-corrected chi connectivity index (χ2v) is 9.56. The molecule has 2 aromatic carbocycles. The Morgan fingerprint density at radius 3 is 2.82 bits per heavy atom. The average Bonchev–Trinajstić information content (AvgIpc) is 3.40. The van der Waals surface area contributed by atoms with E-state index in [2.05, 4.69) is 56.9 Å². The maximum Gasteiger partial charge on any atom is 0.255 e. The number of aliphatic hydroxyl groups excluding tert-OH is 1. The van der Waals surface area contributed by atoms with Crippen LogP contribution in [0.25, 0.3) is 16.7 Å². The standard InChI is InChI=1S/C27H31N5O2/c1-17-6-9-32(14-17)23-11-20(16-31-8-7-26(33)18(2)15-31)10-22(13-23)30-27(34)21-4-5-24-25(12-21)29-19(3)28-24/h4-6,9-14,18,26,33H,7-8,15-16H2,1-3H3,(H,28,29)(H,30,34). The third-order valence-electron chi connectivity index (χ3n) is 6.59. The largest absolute Gasteiger partial charge is 0.393 e. The molecular weight excluding hydrogens is 426 g/mol. The molecule has 0 aliphatic carbocycles. The molecule has 2 atom stereocenters. The van der Waals surface area contributed by atoms with Crippen LogP contribution >= 0.6 is 0 Å². The molecule has 2 aromatic heterocycles. The van der Waals surface area contributed by atoms with Crippen molar-refractivity contribution < 1.29 is 9.90 Å². The zero-order valence-electron chi connectivity index (χ0n) is 19.9. The molecule has 5 rings (SSSR count). The molecule has 1 aliphatic rings. The lowest BCUT2D eigenvalue weighted by atomic mass is 9.96. The summed E-state index contributed by atoms with van der Waals surface area (Å²) in [5.74, 6) is 0.923. The van der Waals surface area contributed by atoms with Crippen molar-refractivity contribution in [3.8, 4) is 5.69 Å². The van der Waals surface area contributed by atoms with Gasteiger partial charge in [-0.25, -0.2) is 4.98 Å². The van der Waals surface area contributed by atoms with Crippen molar-refractivity contribution in [2.75, 3.05) is 18.4 Å². The van der Waals surface area contributed by atoms with Crippen molar-refractivity contribution >= 4 is 22.6 Å². The summed E-state index contributed by atoms with van der Waals surface area (Å²) in [5, 5.41) is 13.2. The molecule has 1 aliphatic heterocycles. The van der Waals surface area contributed by atoms with E-state index in [9.17, 15) is 9.90 Å². The van der Waals surface area contributed by atoms with Crippen molar-refractivity contribution in [2.45, 2.75) is 39.8 Å². The number of nitrogens with one attached hydrogen (secondary N) is 2. The van der Waals surface area contributed by atoms with Crippen LogP contribution in [0, 0.1) is 19.8 Å². The normalized spacial score (nSPS) is 18.9. The monoisotopic (exact) mass is 457 g/mol. The van der Waals surface area contributed by atoms with E-state index in [-0.39, 0.29) is 17.9 Å². The number of amides is 1. The fourth-order valence-corrected chi connectivity index (χ4v) is 4.75. The van der Waals surface area contributed by atoms with Gasteiger partial charge in [0.15, 0.2) is 0 Å². The highest BCUT2D eigenvalue weighted by Gasteiger charge is 2.24. The highest BCUT2D eigenvalue weighted by Crippen LogP contribution is 2.24. The Labute approximate surface area is 199 Å². The molecule has 3 N–H and O–H groups in total. The minimum atomic E-state index is -0.226. The van der Waals surface area contributed by atoms with E-state index in [1.165, 1.54) is 5.56 Å². The number of aromatic nitrogens is 3. The zero-order chi connectivity index (χ0) is 23.8. The first-order chi connectivity index (χ1) is 16.3. The summed E-state index contributed by atoms with van der Waals surface area (Å²) in [6.07, 6.45) is 4.68. The predicted octanol–water partition coefficient (Wildman–Crippen LogP) is 4.43. The molecule has 0 radical (unpaired) electrons. The molecule has 4 aromatic rings. The summed E-state index contributed by atoms with van der Waals surface area (Å²) < 4.78 is 2.08. The van der Waals surface area contributed by atoms with Crippen LogP contribution in [0.15, 0.2) is 54.9 Å². The molecular formula is C27H31N5O2. The van der Waals surface area contributed by atoms with Gasteiger partial charge in [-0.2, -0.15) is 0 Å². The number of H-pyrrole nitrogens is 1. The lowest BCUT2D eigenvalue weighted by Gasteiger charge is -2.34. The molecule has 0 saturated carbocycles. The number of benzene rings is 2. The van der Waals surface area contributed by atoms with Gasteiger partial charge >= 0.3 is 0 Å². The summed E-state index contributed by atoms with van der Waals surface area (Å²) in [7, 11) is 0. The van der Waals surface area contributed by atoms with Crippen molar-refractivity contribution in [1.29, 1.82) is 0 Å². The van der Waals surface area contributed by atoms with Gasteiger partial charge in [-0.05, 0) is 79.8 Å². The van der Waals surface area contributed by atoms with Gasteiger partial charge in [-0.1, -0.05) is 6.92 Å². The molecule has 3 heterocycles. The van der Waals surface area contributed by atoms with Gasteiger partial charge in [-0.3, -0.25) is 9.69 Å². The number of carbonyl (C=O) groups excluding carboxylic acids is 1. The van der Waals surface area contributed by atoms with Gasteiger partial charge in [0.25, 0.3) is 5.91 Å². The van der Waals surface area contributed by atoms with Crippen LogP contribution in [0.1, 0.15) is 40.7 Å². The van der Waals surface area contributed by atoms with Crippen molar-refractivity contribution in [3.63, 3.8) is 0 Å². The lowest BCUT2D eigenvalue weighted by Crippen LogP contribution is -2.41. The van der Waals surface area contributed by atoms with Crippen LogP contribution in [0.2, 0.25) is 0 Å². The van der Waals surface area contributed by atoms with E-state index in [1.54, 1.807) is 6.07 Å². The van der Waals surface area contributed by atoms with Gasteiger partial charge in [0, 0.05) is 49.0 Å². The first-order valence-corrected chi connectivity index (χ1v) is 11.8. The number of hydrogen-bond acceptors (Lipinski definition) is 4. The summed E-state index contributed by atoms with van der Waals surface area (Å²) >= 11 is 0. The maximum absolute atomic E-state index is 13.1. The Morgan fingerprint density at radius 1 is 1.21 bits per heavy atom. The number of piperidine rings is 1. The van der Waals surface area contributed by atoms with E-state index in [0.717, 1.165) is 59.9 Å². The molecule has 1 fully saturated rings. The Morgan fingerprint density at radius 2 is 2.06 bits per heavy atom. The predicted molar refractivity (Wildman–Crippen MR) is 134 cm³/mol. The molecule has 2 unspecified atom stereocenters. The van der Waals surface area contributed by atoms with Crippen molar-refractivity contribution in [1.82, 2.24) is 19.4 Å². The second-order valence-electron chi connectivity index (χ2n) is 9.56. The molecule has 1 amide bonds. The number of aromatic amines is 1. The number of anilines is 1. The molecule has 7 heteroatoms. The number of rotatable bonds is 5. The van der Waals surface area contributed by atoms with Crippen LogP contribution in [-0.2, 0) is 6.54 Å². The minimum Gasteiger partial charge on any atom is -0.393 e. The van der Waals surface area contributed by atoms with Crippen LogP contribution in [0.3, 0.4) is 0 Å². The third-order valence-corrected chi connectivity index (χ3v) is 6.59. The zero-order valence-corrected chi connectivity index (χ0v) is 19.9. The number of likely N-dealkylation sites (tertiary alicyclic amines) is 1. The highest BCUT2D eigenvalue weighted by molar-refractivity contribution is 6.06. The first-order valence-electron chi connectivity index (χ1n) is 11.8. The van der Waals surface area contributed by atoms with Gasteiger partial charge in [-0.15, -0.1) is 0 Å². The molecule has 34 heavy (non-hydrogen) atoms. The highest BCUT2D eigenvalue weighted by atomic mass is 16.3. The molecule has 176 valence electrons. The number of hydrogen-bond donors (Lipinski definition) is 3. The number of nitrogens with zero attached hydrogens (tertiary/aromatic N) is 3. The van der Waals surface area contributed by atoms with Gasteiger partial charge in [0.1, 0.15) is 5.82 Å². The smallest absolute Gasteiger partial charge is 0.255 e. The number of imidazole rings is 1. The summed E-state index contributed by atoms with van der Waals surface area (Å²) in [6.45, 7) is 8.56. The SMILES string of the molecule is Cc1ccn(-c2cc(CN3CCC(O)C(C)C3)cc(NC(=O)c3ccc4nc(C)[nH]c4c3)c2)c1. The topological polar surface area (TPSA) is 86.2 Å². The summed E-state index contributed by atoms with van der Waals surface area (Å²) in [5.41, 5.74) is 6.35. The molecule has 1 saturated heterocycles. The molecule has 0 bridgehead atoms. The van der Waals surface area contributed by atoms with E-state index < -0.39 is 0 Å². The Kier molecular flexibility index (Phi) is 5.98. The maximum atomic E-state index is 13.1. The summed E-state index contributed by atoms with van der Waals surface area (Å²) in [6, 6.07) is 13.8. The van der Waals surface area contributed by atoms with E-state index in [0.29, 0.717) is 5.56 Å². The van der Waals surface area contributed by atoms with Gasteiger partial charge in [0.2, 0.25) is 0 Å². The van der Waals surface area contributed by atoms with Crippen LogP contribution in [0.4, 0.5) is 5.69 Å². The first kappa shape index (κ1) is 22.4. The van der Waals surface area contributed by atoms with E-state index >= 15 is 0 Å². The lowest BCUT2D eigenvalue weighted by molar-refractivity contribution is 0.0320. The van der Waals surface area contributed by atoms with Crippen LogP contribution in [-0.4, -0.2) is 49.6 Å². The number of carbonyl (C=O) groups is 1. The van der Waals surface area contributed by atoms with Gasteiger partial charge in [0.05, 0.1) is 17.1 Å². The Hall–Kier alpha value is -3.42. The number of aryl methyl sites for hydroxylation is 2. The summed E-state index contributed by atoms with van der Waals surface area (Å²) in [4.78, 5) is 23.1. The van der Waals surface area contributed by atoms with E-state index in [4.69, 9.17) is 0 Å². The third kappa shape index (κ3) is 4.76. The van der Waals surface area contributed by atoms with E-state index in [1.807, 2.05) is 37.4 Å². The minimum absolute atomic E-state index is 0.157. The van der Waals surface area contributed by atoms with Gasteiger partial charge < -0.3 is 20.0 Å². The second kappa shape index (κ2) is 9.08. The average molecular weight is 458 g/mol.